The molecule has 1 fully saturated rings. The van der Waals surface area contributed by atoms with Gasteiger partial charge in [-0.2, -0.15) is 0 Å². The normalized spacial score (nSPS) is 20.5. The maximum Gasteiger partial charge on any atom is 0.228 e. The predicted molar refractivity (Wildman–Crippen MR) is 97.0 cm³/mol. The number of aliphatic hydroxyl groups is 1. The topological polar surface area (TPSA) is 71.9 Å². The number of carbonyl (C=O) groups excluding carboxylic acids is 1. The first-order chi connectivity index (χ1) is 12.5. The van der Waals surface area contributed by atoms with Crippen molar-refractivity contribution in [3.05, 3.63) is 59.9 Å². The number of amides is 1. The van der Waals surface area contributed by atoms with Crippen LogP contribution in [-0.2, 0) is 16.0 Å². The molecule has 0 saturated carbocycles. The van der Waals surface area contributed by atoms with Crippen LogP contribution in [0.25, 0.3) is 0 Å². The summed E-state index contributed by atoms with van der Waals surface area (Å²) in [7, 11) is 0. The minimum Gasteiger partial charge on any atom is -0.490 e. The molecule has 138 valence electrons. The minimum atomic E-state index is -1.25. The van der Waals surface area contributed by atoms with Gasteiger partial charge in [-0.1, -0.05) is 23.8 Å². The zero-order chi connectivity index (χ0) is 18.4. The Labute approximate surface area is 153 Å². The number of nitrogens with zero attached hydrogens (tertiary/aromatic N) is 2. The summed E-state index contributed by atoms with van der Waals surface area (Å²) in [5, 5.41) is 10.9. The molecule has 2 heterocycles. The van der Waals surface area contributed by atoms with E-state index in [4.69, 9.17) is 9.47 Å². The quantitative estimate of drug-likeness (QED) is 0.881. The van der Waals surface area contributed by atoms with Gasteiger partial charge >= 0.3 is 0 Å². The van der Waals surface area contributed by atoms with Gasteiger partial charge in [0.2, 0.25) is 5.91 Å². The molecule has 1 N–H and O–H groups in total. The maximum absolute atomic E-state index is 12.6. The van der Waals surface area contributed by atoms with Crippen molar-refractivity contribution in [3.8, 4) is 5.75 Å². The number of carbonyl (C=O) groups is 1. The highest BCUT2D eigenvalue weighted by molar-refractivity contribution is 5.78. The lowest BCUT2D eigenvalue weighted by Crippen LogP contribution is -2.50. The molecule has 1 atom stereocenters. The molecule has 1 aliphatic heterocycles. The smallest absolute Gasteiger partial charge is 0.228 e. The molecule has 1 saturated heterocycles. The van der Waals surface area contributed by atoms with Gasteiger partial charge in [-0.25, -0.2) is 0 Å². The predicted octanol–water partition coefficient (Wildman–Crippen LogP) is 1.60. The van der Waals surface area contributed by atoms with Gasteiger partial charge in [-0.3, -0.25) is 9.78 Å². The van der Waals surface area contributed by atoms with Crippen LogP contribution < -0.4 is 4.74 Å². The van der Waals surface area contributed by atoms with Crippen molar-refractivity contribution in [2.75, 3.05) is 32.9 Å². The molecule has 0 aliphatic carbocycles. The number of ether oxygens (including phenoxy) is 2. The highest BCUT2D eigenvalue weighted by Gasteiger charge is 2.35. The summed E-state index contributed by atoms with van der Waals surface area (Å²) in [6.45, 7) is 3.20. The maximum atomic E-state index is 12.6. The number of pyridine rings is 1. The number of aromatic nitrogens is 1. The number of benzene rings is 1. The number of rotatable bonds is 5. The average molecular weight is 356 g/mol. The highest BCUT2D eigenvalue weighted by Crippen LogP contribution is 2.18. The Hall–Kier alpha value is -2.44. The Morgan fingerprint density at radius 3 is 2.85 bits per heavy atom. The molecule has 6 heteroatoms. The van der Waals surface area contributed by atoms with E-state index in [1.54, 1.807) is 11.1 Å². The third-order valence-corrected chi connectivity index (χ3v) is 4.30. The molecule has 1 aromatic heterocycles. The highest BCUT2D eigenvalue weighted by atomic mass is 16.5. The second kappa shape index (κ2) is 8.29. The Morgan fingerprint density at radius 2 is 2.12 bits per heavy atom. The minimum absolute atomic E-state index is 0.0590. The van der Waals surface area contributed by atoms with Gasteiger partial charge in [0.25, 0.3) is 0 Å². The van der Waals surface area contributed by atoms with Gasteiger partial charge in [0.15, 0.2) is 0 Å². The van der Waals surface area contributed by atoms with Crippen LogP contribution in [0.5, 0.6) is 5.75 Å². The lowest BCUT2D eigenvalue weighted by Gasteiger charge is -2.30. The van der Waals surface area contributed by atoms with Gasteiger partial charge in [-0.15, -0.1) is 0 Å². The lowest BCUT2D eigenvalue weighted by molar-refractivity contribution is -0.134. The molecular formula is C20H24N2O4. The van der Waals surface area contributed by atoms with Gasteiger partial charge in [0.05, 0.1) is 26.2 Å². The van der Waals surface area contributed by atoms with E-state index in [9.17, 15) is 9.90 Å². The SMILES string of the molecule is Cc1ccc(OCC2(O)COCCN(C(=O)Cc3ccccn3)C2)cc1. The molecule has 0 spiro atoms. The molecule has 0 bridgehead atoms. The largest absolute Gasteiger partial charge is 0.490 e. The van der Waals surface area contributed by atoms with Gasteiger partial charge in [-0.05, 0) is 31.2 Å². The van der Waals surface area contributed by atoms with Crippen LogP contribution in [0.4, 0.5) is 0 Å². The van der Waals surface area contributed by atoms with Crippen molar-refractivity contribution in [1.82, 2.24) is 9.88 Å². The van der Waals surface area contributed by atoms with Gasteiger partial charge in [0, 0.05) is 18.4 Å². The van der Waals surface area contributed by atoms with E-state index in [1.165, 1.54) is 0 Å². The first-order valence-corrected chi connectivity index (χ1v) is 8.71. The fraction of sp³-hybridized carbons (Fsp3) is 0.400. The van der Waals surface area contributed by atoms with Crippen LogP contribution >= 0.6 is 0 Å². The van der Waals surface area contributed by atoms with Crippen LogP contribution in [0.3, 0.4) is 0 Å². The molecular weight excluding hydrogens is 332 g/mol. The third kappa shape index (κ3) is 5.03. The number of hydrogen-bond acceptors (Lipinski definition) is 5. The summed E-state index contributed by atoms with van der Waals surface area (Å²) >= 11 is 0. The van der Waals surface area contributed by atoms with Crippen molar-refractivity contribution in [2.24, 2.45) is 0 Å². The van der Waals surface area contributed by atoms with Gasteiger partial charge < -0.3 is 19.5 Å². The van der Waals surface area contributed by atoms with Crippen LogP contribution in [-0.4, -0.2) is 59.4 Å². The third-order valence-electron chi connectivity index (χ3n) is 4.30. The monoisotopic (exact) mass is 356 g/mol. The zero-order valence-corrected chi connectivity index (χ0v) is 14.9. The standard InChI is InChI=1S/C20H24N2O4/c1-16-5-7-18(8-6-16)26-15-20(24)13-22(10-11-25-14-20)19(23)12-17-4-2-3-9-21-17/h2-9,24H,10-15H2,1H3. The molecule has 26 heavy (non-hydrogen) atoms. The first kappa shape index (κ1) is 18.4. The van der Waals surface area contributed by atoms with E-state index in [1.807, 2.05) is 49.4 Å². The zero-order valence-electron chi connectivity index (χ0n) is 14.9. The fourth-order valence-corrected chi connectivity index (χ4v) is 2.84. The molecule has 2 aromatic rings. The van der Waals surface area contributed by atoms with Crippen LogP contribution in [0.1, 0.15) is 11.3 Å². The molecule has 1 amide bonds. The van der Waals surface area contributed by atoms with Crippen LogP contribution in [0, 0.1) is 6.92 Å². The lowest BCUT2D eigenvalue weighted by atomic mass is 10.1. The summed E-state index contributed by atoms with van der Waals surface area (Å²) in [5.41, 5.74) is 0.600. The van der Waals surface area contributed by atoms with Crippen molar-refractivity contribution < 1.29 is 19.4 Å². The summed E-state index contributed by atoms with van der Waals surface area (Å²) < 4.78 is 11.2. The second-order valence-electron chi connectivity index (χ2n) is 6.69. The molecule has 1 unspecified atom stereocenters. The first-order valence-electron chi connectivity index (χ1n) is 8.71. The van der Waals surface area contributed by atoms with E-state index < -0.39 is 5.60 Å². The molecule has 3 rings (SSSR count). The fourth-order valence-electron chi connectivity index (χ4n) is 2.84. The van der Waals surface area contributed by atoms with E-state index in [0.29, 0.717) is 24.6 Å². The Balaban J connectivity index is 1.61. The van der Waals surface area contributed by atoms with Crippen molar-refractivity contribution in [2.45, 2.75) is 18.9 Å². The van der Waals surface area contributed by atoms with E-state index in [-0.39, 0.29) is 32.1 Å². The van der Waals surface area contributed by atoms with Crippen molar-refractivity contribution in [1.29, 1.82) is 0 Å². The van der Waals surface area contributed by atoms with Gasteiger partial charge in [0.1, 0.15) is 18.0 Å². The summed E-state index contributed by atoms with van der Waals surface area (Å²) in [5.74, 6) is 0.600. The molecule has 0 radical (unpaired) electrons. The molecule has 6 nitrogen and oxygen atoms in total. The molecule has 1 aliphatic rings. The Kier molecular flexibility index (Phi) is 5.85. The summed E-state index contributed by atoms with van der Waals surface area (Å²) in [4.78, 5) is 18.4. The summed E-state index contributed by atoms with van der Waals surface area (Å²) in [6, 6.07) is 13.1. The van der Waals surface area contributed by atoms with E-state index >= 15 is 0 Å². The molecule has 1 aromatic carbocycles. The Morgan fingerprint density at radius 1 is 1.31 bits per heavy atom. The summed E-state index contributed by atoms with van der Waals surface area (Å²) in [6.07, 6.45) is 1.87. The van der Waals surface area contributed by atoms with Crippen molar-refractivity contribution >= 4 is 5.91 Å². The van der Waals surface area contributed by atoms with Crippen LogP contribution in [0.2, 0.25) is 0 Å². The number of β-amino-alcohol motifs (C(OH)–C–C–N with tert-alkyl or cyclic N) is 1. The number of hydrogen-bond donors (Lipinski definition) is 1. The van der Waals surface area contributed by atoms with Crippen molar-refractivity contribution in [3.63, 3.8) is 0 Å². The Bertz CT molecular complexity index is 720. The average Bonchev–Trinajstić information content (AvgIpc) is 2.84. The van der Waals surface area contributed by atoms with Crippen LogP contribution in [0.15, 0.2) is 48.7 Å². The number of aryl methyl sites for hydroxylation is 1. The van der Waals surface area contributed by atoms with E-state index in [0.717, 1.165) is 5.56 Å². The van der Waals surface area contributed by atoms with E-state index in [2.05, 4.69) is 4.98 Å². The second-order valence-corrected chi connectivity index (χ2v) is 6.69.